The Labute approximate surface area is 118 Å². The van der Waals surface area contributed by atoms with Gasteiger partial charge in [0, 0.05) is 25.4 Å². The number of hydrogen-bond donors (Lipinski definition) is 0. The van der Waals surface area contributed by atoms with E-state index in [0.29, 0.717) is 0 Å². The van der Waals surface area contributed by atoms with Crippen molar-refractivity contribution in [2.45, 2.75) is 13.5 Å². The normalized spacial score (nSPS) is 10.7. The van der Waals surface area contributed by atoms with Crippen molar-refractivity contribution in [1.82, 2.24) is 9.97 Å². The van der Waals surface area contributed by atoms with Crippen LogP contribution in [0.15, 0.2) is 54.9 Å². The number of rotatable bonds is 3. The third-order valence-corrected chi connectivity index (χ3v) is 3.47. The van der Waals surface area contributed by atoms with E-state index in [0.717, 1.165) is 18.1 Å². The Bertz CT molecular complexity index is 732. The van der Waals surface area contributed by atoms with Crippen LogP contribution >= 0.6 is 0 Å². The highest BCUT2D eigenvalue weighted by Gasteiger charge is 2.06. The molecular formula is C17H17N3. The van der Waals surface area contributed by atoms with E-state index in [4.69, 9.17) is 0 Å². The zero-order valence-corrected chi connectivity index (χ0v) is 11.7. The van der Waals surface area contributed by atoms with E-state index in [-0.39, 0.29) is 0 Å². The van der Waals surface area contributed by atoms with Crippen LogP contribution in [0.1, 0.15) is 11.3 Å². The van der Waals surface area contributed by atoms with Gasteiger partial charge in [-0.1, -0.05) is 42.5 Å². The van der Waals surface area contributed by atoms with Crippen molar-refractivity contribution in [1.29, 1.82) is 0 Å². The quantitative estimate of drug-likeness (QED) is 0.723. The second kappa shape index (κ2) is 5.29. The van der Waals surface area contributed by atoms with Crippen molar-refractivity contribution >= 4 is 16.6 Å². The maximum absolute atomic E-state index is 4.33. The van der Waals surface area contributed by atoms with Gasteiger partial charge < -0.3 is 4.90 Å². The topological polar surface area (TPSA) is 29.0 Å². The average molecular weight is 263 g/mol. The first kappa shape index (κ1) is 12.6. The van der Waals surface area contributed by atoms with Gasteiger partial charge in [-0.25, -0.2) is 9.97 Å². The highest BCUT2D eigenvalue weighted by Crippen LogP contribution is 2.21. The van der Waals surface area contributed by atoms with E-state index >= 15 is 0 Å². The standard InChI is InChI=1S/C17H17N3/c1-13-10-17(19-12-18-13)20(2)11-15-8-5-7-14-6-3-4-9-16(14)15/h3-10,12H,11H2,1-2H3. The van der Waals surface area contributed by atoms with Gasteiger partial charge in [-0.2, -0.15) is 0 Å². The molecule has 0 saturated carbocycles. The fraction of sp³-hybridized carbons (Fsp3) is 0.176. The fourth-order valence-corrected chi connectivity index (χ4v) is 2.42. The van der Waals surface area contributed by atoms with Crippen LogP contribution in [0.5, 0.6) is 0 Å². The van der Waals surface area contributed by atoms with Crippen LogP contribution in [0.3, 0.4) is 0 Å². The van der Waals surface area contributed by atoms with E-state index in [1.807, 2.05) is 13.0 Å². The van der Waals surface area contributed by atoms with Gasteiger partial charge in [0.15, 0.2) is 0 Å². The Morgan fingerprint density at radius 3 is 2.65 bits per heavy atom. The highest BCUT2D eigenvalue weighted by molar-refractivity contribution is 5.85. The molecule has 1 heterocycles. The minimum absolute atomic E-state index is 0.831. The fourth-order valence-electron chi connectivity index (χ4n) is 2.42. The van der Waals surface area contributed by atoms with Gasteiger partial charge in [0.05, 0.1) is 0 Å². The molecule has 0 radical (unpaired) electrons. The third kappa shape index (κ3) is 2.48. The molecule has 0 unspecified atom stereocenters. The van der Waals surface area contributed by atoms with E-state index in [1.54, 1.807) is 6.33 Å². The SMILES string of the molecule is Cc1cc(N(C)Cc2cccc3ccccc23)ncn1. The molecule has 0 saturated heterocycles. The predicted molar refractivity (Wildman–Crippen MR) is 82.8 cm³/mol. The molecule has 0 aliphatic heterocycles. The van der Waals surface area contributed by atoms with Crippen LogP contribution in [-0.2, 0) is 6.54 Å². The first-order valence-corrected chi connectivity index (χ1v) is 6.70. The molecule has 1 aromatic heterocycles. The molecule has 3 aromatic rings. The lowest BCUT2D eigenvalue weighted by molar-refractivity contribution is 0.891. The van der Waals surface area contributed by atoms with Crippen LogP contribution in [0, 0.1) is 6.92 Å². The molecule has 0 bridgehead atoms. The monoisotopic (exact) mass is 263 g/mol. The van der Waals surface area contributed by atoms with Crippen molar-refractivity contribution in [3.05, 3.63) is 66.1 Å². The summed E-state index contributed by atoms with van der Waals surface area (Å²) < 4.78 is 0. The second-order valence-electron chi connectivity index (χ2n) is 5.01. The Morgan fingerprint density at radius 2 is 1.80 bits per heavy atom. The summed E-state index contributed by atoms with van der Waals surface area (Å²) in [5.74, 6) is 0.949. The molecule has 0 amide bonds. The second-order valence-corrected chi connectivity index (χ2v) is 5.01. The van der Waals surface area contributed by atoms with Crippen LogP contribution in [-0.4, -0.2) is 17.0 Å². The summed E-state index contributed by atoms with van der Waals surface area (Å²) in [6.07, 6.45) is 1.62. The summed E-state index contributed by atoms with van der Waals surface area (Å²) in [5, 5.41) is 2.57. The summed E-state index contributed by atoms with van der Waals surface area (Å²) in [7, 11) is 2.06. The predicted octanol–water partition coefficient (Wildman–Crippen LogP) is 3.57. The minimum atomic E-state index is 0.831. The molecule has 3 nitrogen and oxygen atoms in total. The number of benzene rings is 2. The number of nitrogens with zero attached hydrogens (tertiary/aromatic N) is 3. The Kier molecular flexibility index (Phi) is 3.33. The molecule has 0 N–H and O–H groups in total. The maximum atomic E-state index is 4.33. The Morgan fingerprint density at radius 1 is 1.00 bits per heavy atom. The lowest BCUT2D eigenvalue weighted by Gasteiger charge is -2.19. The van der Waals surface area contributed by atoms with Crippen molar-refractivity contribution < 1.29 is 0 Å². The summed E-state index contributed by atoms with van der Waals surface area (Å²) >= 11 is 0. The molecule has 0 aliphatic rings. The minimum Gasteiger partial charge on any atom is -0.355 e. The van der Waals surface area contributed by atoms with E-state index in [2.05, 4.69) is 64.4 Å². The van der Waals surface area contributed by atoms with E-state index in [1.165, 1.54) is 16.3 Å². The Balaban J connectivity index is 1.93. The highest BCUT2D eigenvalue weighted by atomic mass is 15.2. The molecule has 2 aromatic carbocycles. The molecule has 0 atom stereocenters. The van der Waals surface area contributed by atoms with Crippen LogP contribution < -0.4 is 4.90 Å². The molecule has 0 spiro atoms. The maximum Gasteiger partial charge on any atom is 0.132 e. The Hall–Kier alpha value is -2.42. The van der Waals surface area contributed by atoms with Crippen LogP contribution in [0.25, 0.3) is 10.8 Å². The van der Waals surface area contributed by atoms with Gasteiger partial charge in [0.1, 0.15) is 12.1 Å². The van der Waals surface area contributed by atoms with E-state index in [9.17, 15) is 0 Å². The summed E-state index contributed by atoms with van der Waals surface area (Å²) in [4.78, 5) is 10.6. The van der Waals surface area contributed by atoms with Crippen LogP contribution in [0.4, 0.5) is 5.82 Å². The molecule has 3 rings (SSSR count). The molecule has 20 heavy (non-hydrogen) atoms. The smallest absolute Gasteiger partial charge is 0.132 e. The van der Waals surface area contributed by atoms with Crippen molar-refractivity contribution in [3.8, 4) is 0 Å². The average Bonchev–Trinajstić information content (AvgIpc) is 2.47. The lowest BCUT2D eigenvalue weighted by Crippen LogP contribution is -2.18. The first-order chi connectivity index (χ1) is 9.74. The lowest BCUT2D eigenvalue weighted by atomic mass is 10.0. The largest absolute Gasteiger partial charge is 0.355 e. The molecule has 0 aliphatic carbocycles. The number of hydrogen-bond acceptors (Lipinski definition) is 3. The van der Waals surface area contributed by atoms with Gasteiger partial charge in [0.2, 0.25) is 0 Å². The first-order valence-electron chi connectivity index (χ1n) is 6.70. The third-order valence-electron chi connectivity index (χ3n) is 3.47. The summed E-state index contributed by atoms with van der Waals surface area (Å²) in [6.45, 7) is 2.81. The van der Waals surface area contributed by atoms with E-state index < -0.39 is 0 Å². The van der Waals surface area contributed by atoms with Gasteiger partial charge in [-0.05, 0) is 23.3 Å². The summed E-state index contributed by atoms with van der Waals surface area (Å²) in [6, 6.07) is 16.9. The zero-order chi connectivity index (χ0) is 13.9. The number of anilines is 1. The molecule has 100 valence electrons. The summed E-state index contributed by atoms with van der Waals surface area (Å²) in [5.41, 5.74) is 2.29. The van der Waals surface area contributed by atoms with Gasteiger partial charge >= 0.3 is 0 Å². The molecule has 0 fully saturated rings. The van der Waals surface area contributed by atoms with Gasteiger partial charge in [-0.3, -0.25) is 0 Å². The van der Waals surface area contributed by atoms with Gasteiger partial charge in [0.25, 0.3) is 0 Å². The number of fused-ring (bicyclic) bond motifs is 1. The van der Waals surface area contributed by atoms with Crippen molar-refractivity contribution in [2.24, 2.45) is 0 Å². The number of aromatic nitrogens is 2. The molecule has 3 heteroatoms. The number of aryl methyl sites for hydroxylation is 1. The van der Waals surface area contributed by atoms with Crippen molar-refractivity contribution in [3.63, 3.8) is 0 Å². The van der Waals surface area contributed by atoms with Crippen molar-refractivity contribution in [2.75, 3.05) is 11.9 Å². The van der Waals surface area contributed by atoms with Crippen LogP contribution in [0.2, 0.25) is 0 Å². The molecular weight excluding hydrogens is 246 g/mol. The van der Waals surface area contributed by atoms with Gasteiger partial charge in [-0.15, -0.1) is 0 Å². The zero-order valence-electron chi connectivity index (χ0n) is 11.7.